The average Bonchev–Trinajstić information content (AvgIpc) is 4.11. The van der Waals surface area contributed by atoms with Gasteiger partial charge >= 0.3 is 0 Å². The molecule has 0 fully saturated rings. The van der Waals surface area contributed by atoms with Crippen LogP contribution < -0.4 is 0 Å². The van der Waals surface area contributed by atoms with Crippen molar-refractivity contribution >= 4 is 71.1 Å². The highest BCUT2D eigenvalue weighted by Crippen LogP contribution is 2.56. The van der Waals surface area contributed by atoms with Crippen LogP contribution in [0.4, 0.5) is 5.69 Å². The first-order valence-corrected chi connectivity index (χ1v) is 23.0. The van der Waals surface area contributed by atoms with Crippen LogP contribution in [0.3, 0.4) is 0 Å². The first kappa shape index (κ1) is 37.7. The molecule has 9 aromatic carbocycles. The van der Waals surface area contributed by atoms with Crippen LogP contribution in [-0.4, -0.2) is 13.7 Å². The van der Waals surface area contributed by atoms with Crippen LogP contribution in [0.15, 0.2) is 176 Å². The summed E-state index contributed by atoms with van der Waals surface area (Å²) in [5.41, 5.74) is 18.7. The highest BCUT2D eigenvalue weighted by Gasteiger charge is 2.41. The quantitative estimate of drug-likeness (QED) is 0.163. The van der Waals surface area contributed by atoms with Crippen LogP contribution in [0.2, 0.25) is 0 Å². The Morgan fingerprint density at radius 1 is 0.418 bits per heavy atom. The molecule has 0 bridgehead atoms. The predicted octanol–water partition coefficient (Wildman–Crippen LogP) is 16.0. The van der Waals surface area contributed by atoms with Gasteiger partial charge in [-0.3, -0.25) is 0 Å². The van der Waals surface area contributed by atoms with E-state index >= 15 is 0 Å². The molecule has 0 spiro atoms. The summed E-state index contributed by atoms with van der Waals surface area (Å²) in [6.07, 6.45) is 0. The Labute approximate surface area is 387 Å². The summed E-state index contributed by atoms with van der Waals surface area (Å²) in [5.74, 6) is 0. The van der Waals surface area contributed by atoms with Crippen molar-refractivity contribution < 1.29 is 0 Å². The summed E-state index contributed by atoms with van der Waals surface area (Å²) >= 11 is 0. The largest absolute Gasteiger partial charge is 0.317 e. The van der Waals surface area contributed by atoms with Gasteiger partial charge in [-0.2, -0.15) is 5.26 Å². The standard InChI is InChI=1S/C62H41N5/c1-61(2)45-24-12-6-18-37(45)41-30-32-52-54(56(41)61)43-22-10-16-28-50(43)66(52)58-36(35-63)34-47(64-5)59(60(58)65-48-26-14-8-20-39(48)40-21-9-15-27-49(40)65)67-51-29-17-11-23-44(51)55-53(67)33-31-42-38-19-7-13-25-46(38)62(3,4)57(42)55/h6-34H,1-4H3. The molecular formula is C62H41N5. The van der Waals surface area contributed by atoms with Crippen LogP contribution in [0.5, 0.6) is 0 Å². The lowest BCUT2D eigenvalue weighted by Crippen LogP contribution is -2.15. The minimum Gasteiger partial charge on any atom is -0.317 e. The van der Waals surface area contributed by atoms with Crippen molar-refractivity contribution in [1.29, 1.82) is 5.26 Å². The van der Waals surface area contributed by atoms with Crippen LogP contribution in [0.25, 0.3) is 110 Å². The van der Waals surface area contributed by atoms with E-state index < -0.39 is 0 Å². The molecule has 12 aromatic rings. The molecule has 0 amide bonds. The molecular weight excluding hydrogens is 815 g/mol. The van der Waals surface area contributed by atoms with Gasteiger partial charge in [0.05, 0.1) is 62.3 Å². The van der Waals surface area contributed by atoms with E-state index in [0.29, 0.717) is 11.3 Å². The lowest BCUT2D eigenvalue weighted by atomic mass is 9.80. The zero-order valence-corrected chi connectivity index (χ0v) is 37.5. The van der Waals surface area contributed by atoms with Crippen molar-refractivity contribution in [2.75, 3.05) is 0 Å². The maximum absolute atomic E-state index is 11.6. The lowest BCUT2D eigenvalue weighted by molar-refractivity contribution is 0.666. The van der Waals surface area contributed by atoms with Crippen molar-refractivity contribution in [2.24, 2.45) is 0 Å². The molecule has 3 aromatic heterocycles. The van der Waals surface area contributed by atoms with Gasteiger partial charge in [-0.05, 0) is 87.0 Å². The molecule has 2 aliphatic carbocycles. The fraction of sp³-hybridized carbons (Fsp3) is 0.0968. The van der Waals surface area contributed by atoms with Gasteiger partial charge in [0.15, 0.2) is 0 Å². The van der Waals surface area contributed by atoms with Gasteiger partial charge < -0.3 is 13.7 Å². The fourth-order valence-corrected chi connectivity index (χ4v) is 12.8. The van der Waals surface area contributed by atoms with Crippen molar-refractivity contribution in [3.63, 3.8) is 0 Å². The van der Waals surface area contributed by atoms with Crippen LogP contribution in [-0.2, 0) is 10.8 Å². The number of nitriles is 1. The average molecular weight is 856 g/mol. The number of hydrogen-bond acceptors (Lipinski definition) is 1. The minimum absolute atomic E-state index is 0.287. The molecule has 0 unspecified atom stereocenters. The van der Waals surface area contributed by atoms with Gasteiger partial charge in [0, 0.05) is 43.1 Å². The van der Waals surface area contributed by atoms with Gasteiger partial charge in [-0.25, -0.2) is 4.85 Å². The summed E-state index contributed by atoms with van der Waals surface area (Å²) < 4.78 is 7.02. The Bertz CT molecular complexity index is 4030. The molecule has 5 nitrogen and oxygen atoms in total. The van der Waals surface area contributed by atoms with Gasteiger partial charge in [0.1, 0.15) is 6.07 Å². The molecule has 3 heterocycles. The summed E-state index contributed by atoms with van der Waals surface area (Å²) in [6, 6.07) is 65.7. The smallest absolute Gasteiger partial charge is 0.214 e. The number of hydrogen-bond donors (Lipinski definition) is 0. The second kappa shape index (κ2) is 13.0. The second-order valence-corrected chi connectivity index (χ2v) is 19.4. The molecule has 2 aliphatic rings. The number of benzene rings is 9. The van der Waals surface area contributed by atoms with E-state index in [1.54, 1.807) is 0 Å². The first-order valence-electron chi connectivity index (χ1n) is 23.0. The van der Waals surface area contributed by atoms with Gasteiger partial charge in [-0.15, -0.1) is 0 Å². The topological polar surface area (TPSA) is 42.9 Å². The molecule has 5 heteroatoms. The highest BCUT2D eigenvalue weighted by atomic mass is 15.1. The Morgan fingerprint density at radius 2 is 0.806 bits per heavy atom. The molecule has 0 saturated heterocycles. The van der Waals surface area contributed by atoms with Gasteiger partial charge in [0.2, 0.25) is 5.69 Å². The molecule has 0 radical (unpaired) electrons. The lowest BCUT2D eigenvalue weighted by Gasteiger charge is -2.25. The molecule has 0 aliphatic heterocycles. The maximum Gasteiger partial charge on any atom is 0.214 e. The number of nitrogens with zero attached hydrogens (tertiary/aromatic N) is 5. The monoisotopic (exact) mass is 855 g/mol. The Balaban J connectivity index is 1.22. The fourth-order valence-electron chi connectivity index (χ4n) is 12.8. The Hall–Kier alpha value is -8.64. The van der Waals surface area contributed by atoms with E-state index in [1.807, 2.05) is 6.07 Å². The summed E-state index contributed by atoms with van der Waals surface area (Å²) in [4.78, 5) is 4.40. The SMILES string of the molecule is [C-]#[N+]c1cc(C#N)c(-n2c3ccccc3c3c4c(ccc32)-c2ccccc2C4(C)C)c(-n2c3ccccc3c3ccccc32)c1-n1c2ccccc2c2c3c(ccc21)-c1ccccc1C3(C)C. The Morgan fingerprint density at radius 3 is 1.27 bits per heavy atom. The summed E-state index contributed by atoms with van der Waals surface area (Å²) in [7, 11) is 0. The number of rotatable bonds is 3. The van der Waals surface area contributed by atoms with E-state index in [2.05, 4.69) is 222 Å². The third-order valence-electron chi connectivity index (χ3n) is 15.4. The van der Waals surface area contributed by atoms with Crippen molar-refractivity contribution in [1.82, 2.24) is 13.7 Å². The third-order valence-corrected chi connectivity index (χ3v) is 15.4. The van der Waals surface area contributed by atoms with Crippen LogP contribution in [0, 0.1) is 17.9 Å². The second-order valence-electron chi connectivity index (χ2n) is 19.4. The predicted molar refractivity (Wildman–Crippen MR) is 276 cm³/mol. The number of aromatic nitrogens is 3. The molecule has 0 atom stereocenters. The first-order chi connectivity index (χ1) is 32.7. The molecule has 14 rings (SSSR count). The van der Waals surface area contributed by atoms with Crippen LogP contribution in [0.1, 0.15) is 55.5 Å². The minimum atomic E-state index is -0.288. The zero-order chi connectivity index (χ0) is 45.1. The molecule has 0 saturated carbocycles. The van der Waals surface area contributed by atoms with E-state index in [-0.39, 0.29) is 10.8 Å². The maximum atomic E-state index is 11.6. The van der Waals surface area contributed by atoms with E-state index in [4.69, 9.17) is 6.57 Å². The summed E-state index contributed by atoms with van der Waals surface area (Å²) in [6.45, 7) is 18.5. The molecule has 67 heavy (non-hydrogen) atoms. The van der Waals surface area contributed by atoms with E-state index in [1.165, 1.54) is 55.3 Å². The number of fused-ring (bicyclic) bond motifs is 17. The number of para-hydroxylation sites is 4. The van der Waals surface area contributed by atoms with Gasteiger partial charge in [0.25, 0.3) is 0 Å². The normalized spacial score (nSPS) is 14.2. The third kappa shape index (κ3) is 4.61. The van der Waals surface area contributed by atoms with Crippen molar-refractivity contribution in [3.8, 4) is 45.4 Å². The van der Waals surface area contributed by atoms with Crippen molar-refractivity contribution in [2.45, 2.75) is 38.5 Å². The highest BCUT2D eigenvalue weighted by molar-refractivity contribution is 6.18. The van der Waals surface area contributed by atoms with Gasteiger partial charge in [-0.1, -0.05) is 161 Å². The summed E-state index contributed by atoms with van der Waals surface area (Å²) in [5, 5.41) is 18.4. The van der Waals surface area contributed by atoms with E-state index in [0.717, 1.165) is 71.7 Å². The van der Waals surface area contributed by atoms with Crippen LogP contribution >= 0.6 is 0 Å². The van der Waals surface area contributed by atoms with E-state index in [9.17, 15) is 5.26 Å². The zero-order valence-electron chi connectivity index (χ0n) is 37.5. The molecule has 0 N–H and O–H groups in total. The van der Waals surface area contributed by atoms with Crippen molar-refractivity contribution in [3.05, 3.63) is 215 Å². The Kier molecular flexibility index (Phi) is 7.32. The molecule has 314 valence electrons.